The fourth-order valence-corrected chi connectivity index (χ4v) is 3.42. The molecule has 0 bridgehead atoms. The van der Waals surface area contributed by atoms with E-state index in [2.05, 4.69) is 26.2 Å². The van der Waals surface area contributed by atoms with Crippen LogP contribution in [0.25, 0.3) is 0 Å². The largest absolute Gasteiger partial charge is 0.486 e. The molecule has 2 aromatic rings. The third-order valence-electron chi connectivity index (χ3n) is 4.68. The molecule has 1 aromatic carbocycles. The zero-order valence-corrected chi connectivity index (χ0v) is 21.3. The summed E-state index contributed by atoms with van der Waals surface area (Å²) in [6, 6.07) is 9.87. The quantitative estimate of drug-likeness (QED) is 0.339. The summed E-state index contributed by atoms with van der Waals surface area (Å²) in [5.74, 6) is -1.00. The summed E-state index contributed by atoms with van der Waals surface area (Å²) in [5, 5.41) is 2.56. The van der Waals surface area contributed by atoms with Gasteiger partial charge in [-0.15, -0.1) is 0 Å². The predicted octanol–water partition coefficient (Wildman–Crippen LogP) is 3.90. The van der Waals surface area contributed by atoms with E-state index in [-0.39, 0.29) is 23.5 Å². The summed E-state index contributed by atoms with van der Waals surface area (Å²) >= 11 is 3.28. The van der Waals surface area contributed by atoms with Crippen molar-refractivity contribution in [1.29, 1.82) is 0 Å². The lowest BCUT2D eigenvalue weighted by Gasteiger charge is -2.29. The number of carbonyl (C=O) groups is 3. The van der Waals surface area contributed by atoms with Crippen LogP contribution in [0, 0.1) is 5.92 Å². The average molecular weight is 537 g/mol. The Hall–Kier alpha value is -3.14. The first kappa shape index (κ1) is 27.1. The van der Waals surface area contributed by atoms with Crippen molar-refractivity contribution in [2.75, 3.05) is 6.79 Å². The molecule has 10 heteroatoms. The molecule has 184 valence electrons. The number of amides is 1. The molecule has 0 aliphatic rings. The average Bonchev–Trinajstić information content (AvgIpc) is 2.78. The monoisotopic (exact) mass is 536 g/mol. The van der Waals surface area contributed by atoms with Crippen molar-refractivity contribution < 1.29 is 33.3 Å². The molecule has 0 fully saturated rings. The minimum atomic E-state index is -0.971. The van der Waals surface area contributed by atoms with E-state index < -0.39 is 36.8 Å². The Labute approximate surface area is 207 Å². The second-order valence-electron chi connectivity index (χ2n) is 7.85. The number of halogens is 1. The minimum absolute atomic E-state index is 0.0655. The Bertz CT molecular complexity index is 985. The molecular weight excluding hydrogens is 508 g/mol. The Balaban J connectivity index is 2.02. The van der Waals surface area contributed by atoms with Gasteiger partial charge in [-0.3, -0.25) is 9.59 Å². The zero-order valence-electron chi connectivity index (χ0n) is 19.7. The molecule has 3 atom stereocenters. The third kappa shape index (κ3) is 8.02. The summed E-state index contributed by atoms with van der Waals surface area (Å²) < 4.78 is 22.2. The number of para-hydroxylation sites is 1. The van der Waals surface area contributed by atoms with Gasteiger partial charge in [-0.25, -0.2) is 9.78 Å². The molecule has 0 radical (unpaired) electrons. The van der Waals surface area contributed by atoms with Gasteiger partial charge in [0.1, 0.15) is 24.0 Å². The van der Waals surface area contributed by atoms with E-state index in [1.54, 1.807) is 13.0 Å². The summed E-state index contributed by atoms with van der Waals surface area (Å²) in [5.41, 5.74) is -0.0818. The SMILES string of the molecule is CC(=O)OCOc1c(Br)ccnc1C(=O)N[C@@H](C)C(=O)O[C@@H](C)[C@H](Oc1ccccc1)C(C)C. The highest BCUT2D eigenvalue weighted by molar-refractivity contribution is 9.10. The van der Waals surface area contributed by atoms with Gasteiger partial charge in [0.05, 0.1) is 4.47 Å². The minimum Gasteiger partial charge on any atom is -0.486 e. The number of carbonyl (C=O) groups excluding carboxylic acids is 3. The van der Waals surface area contributed by atoms with Crippen molar-refractivity contribution in [2.24, 2.45) is 5.92 Å². The lowest BCUT2D eigenvalue weighted by molar-refractivity contribution is -0.156. The maximum atomic E-state index is 12.8. The first-order chi connectivity index (χ1) is 16.1. The normalized spacial score (nSPS) is 13.4. The van der Waals surface area contributed by atoms with E-state index in [0.717, 1.165) is 0 Å². The van der Waals surface area contributed by atoms with Crippen LogP contribution in [-0.4, -0.2) is 47.9 Å². The van der Waals surface area contributed by atoms with Gasteiger partial charge in [-0.1, -0.05) is 32.0 Å². The van der Waals surface area contributed by atoms with Gasteiger partial charge in [0.2, 0.25) is 6.79 Å². The number of hydrogen-bond donors (Lipinski definition) is 1. The highest BCUT2D eigenvalue weighted by Gasteiger charge is 2.29. The third-order valence-corrected chi connectivity index (χ3v) is 5.30. The van der Waals surface area contributed by atoms with Gasteiger partial charge in [0.15, 0.2) is 11.4 Å². The first-order valence-corrected chi connectivity index (χ1v) is 11.5. The number of pyridine rings is 1. The van der Waals surface area contributed by atoms with E-state index in [0.29, 0.717) is 10.2 Å². The highest BCUT2D eigenvalue weighted by Crippen LogP contribution is 2.27. The zero-order chi connectivity index (χ0) is 25.3. The molecule has 2 rings (SSSR count). The van der Waals surface area contributed by atoms with Crippen molar-refractivity contribution in [3.8, 4) is 11.5 Å². The Kier molecular flexibility index (Phi) is 10.3. The van der Waals surface area contributed by atoms with Crippen LogP contribution in [0.4, 0.5) is 0 Å². The van der Waals surface area contributed by atoms with Crippen molar-refractivity contribution in [3.05, 3.63) is 52.8 Å². The maximum Gasteiger partial charge on any atom is 0.328 e. The maximum absolute atomic E-state index is 12.8. The van der Waals surface area contributed by atoms with E-state index in [4.69, 9.17) is 18.9 Å². The van der Waals surface area contributed by atoms with Crippen molar-refractivity contribution in [2.45, 2.75) is 52.9 Å². The van der Waals surface area contributed by atoms with Gasteiger partial charge in [-0.05, 0) is 53.9 Å². The van der Waals surface area contributed by atoms with E-state index >= 15 is 0 Å². The molecule has 0 unspecified atom stereocenters. The smallest absolute Gasteiger partial charge is 0.328 e. The van der Waals surface area contributed by atoms with Crippen LogP contribution >= 0.6 is 15.9 Å². The number of rotatable bonds is 11. The number of benzene rings is 1. The number of ether oxygens (including phenoxy) is 4. The van der Waals surface area contributed by atoms with Crippen LogP contribution in [-0.2, 0) is 19.1 Å². The molecule has 0 aliphatic heterocycles. The predicted molar refractivity (Wildman–Crippen MR) is 127 cm³/mol. The van der Waals surface area contributed by atoms with E-state index in [1.807, 2.05) is 44.2 Å². The van der Waals surface area contributed by atoms with Gasteiger partial charge in [-0.2, -0.15) is 0 Å². The van der Waals surface area contributed by atoms with E-state index in [9.17, 15) is 14.4 Å². The van der Waals surface area contributed by atoms with Crippen LogP contribution in [0.3, 0.4) is 0 Å². The van der Waals surface area contributed by atoms with Gasteiger partial charge in [0, 0.05) is 13.1 Å². The van der Waals surface area contributed by atoms with Crippen LogP contribution < -0.4 is 14.8 Å². The summed E-state index contributed by atoms with van der Waals surface area (Å²) in [6.45, 7) is 8.04. The van der Waals surface area contributed by atoms with Crippen LogP contribution in [0.15, 0.2) is 47.1 Å². The standard InChI is InChI=1S/C24H29BrN2O7/c1-14(2)21(34-18-9-7-6-8-10-18)16(4)33-24(30)15(3)27-23(29)20-22(19(25)11-12-26-20)32-13-31-17(5)28/h6-12,14-16,21H,13H2,1-5H3,(H,27,29)/t15-,16-,21+/m0/s1. The number of aromatic nitrogens is 1. The Morgan fingerprint density at radius 2 is 1.74 bits per heavy atom. The summed E-state index contributed by atoms with van der Waals surface area (Å²) in [7, 11) is 0. The molecule has 1 amide bonds. The highest BCUT2D eigenvalue weighted by atomic mass is 79.9. The summed E-state index contributed by atoms with van der Waals surface area (Å²) in [6.07, 6.45) is 0.442. The van der Waals surface area contributed by atoms with Crippen molar-refractivity contribution in [3.63, 3.8) is 0 Å². The Morgan fingerprint density at radius 1 is 1.06 bits per heavy atom. The number of nitrogens with one attached hydrogen (secondary N) is 1. The van der Waals surface area contributed by atoms with Gasteiger partial charge >= 0.3 is 11.9 Å². The molecular formula is C24H29BrN2O7. The molecule has 0 saturated carbocycles. The molecule has 1 heterocycles. The molecule has 0 spiro atoms. The van der Waals surface area contributed by atoms with E-state index in [1.165, 1.54) is 20.0 Å². The van der Waals surface area contributed by atoms with Crippen LogP contribution in [0.1, 0.15) is 45.1 Å². The second-order valence-corrected chi connectivity index (χ2v) is 8.70. The number of esters is 2. The van der Waals surface area contributed by atoms with Crippen molar-refractivity contribution in [1.82, 2.24) is 10.3 Å². The molecule has 0 aliphatic carbocycles. The number of hydrogen-bond acceptors (Lipinski definition) is 8. The molecule has 9 nitrogen and oxygen atoms in total. The molecule has 1 N–H and O–H groups in total. The fraction of sp³-hybridized carbons (Fsp3) is 0.417. The van der Waals surface area contributed by atoms with Crippen LogP contribution in [0.2, 0.25) is 0 Å². The first-order valence-electron chi connectivity index (χ1n) is 10.7. The second kappa shape index (κ2) is 12.9. The summed E-state index contributed by atoms with van der Waals surface area (Å²) in [4.78, 5) is 40.5. The fourth-order valence-electron chi connectivity index (χ4n) is 3.00. The van der Waals surface area contributed by atoms with Gasteiger partial charge < -0.3 is 24.3 Å². The molecule has 0 saturated heterocycles. The lowest BCUT2D eigenvalue weighted by atomic mass is 10.0. The topological polar surface area (TPSA) is 113 Å². The lowest BCUT2D eigenvalue weighted by Crippen LogP contribution is -2.44. The van der Waals surface area contributed by atoms with Crippen LogP contribution in [0.5, 0.6) is 11.5 Å². The van der Waals surface area contributed by atoms with Gasteiger partial charge in [0.25, 0.3) is 5.91 Å². The molecule has 34 heavy (non-hydrogen) atoms. The number of nitrogens with zero attached hydrogens (tertiary/aromatic N) is 1. The molecule has 1 aromatic heterocycles. The van der Waals surface area contributed by atoms with Crippen molar-refractivity contribution >= 4 is 33.8 Å². The Morgan fingerprint density at radius 3 is 2.35 bits per heavy atom.